The molecule has 0 spiro atoms. The Bertz CT molecular complexity index is 195. The molecule has 0 aromatic carbocycles. The van der Waals surface area contributed by atoms with Crippen LogP contribution in [0.3, 0.4) is 0 Å². The highest BCUT2D eigenvalue weighted by Gasteiger charge is 2.17. The Labute approximate surface area is 91.4 Å². The van der Waals surface area contributed by atoms with E-state index in [1.807, 2.05) is 6.92 Å². The molecule has 0 amide bonds. The molecule has 0 fully saturated rings. The van der Waals surface area contributed by atoms with Crippen LogP contribution in [0.1, 0.15) is 33.6 Å². The van der Waals surface area contributed by atoms with Crippen molar-refractivity contribution in [1.82, 2.24) is 5.32 Å². The Balaban J connectivity index is 4.24. The van der Waals surface area contributed by atoms with Crippen LogP contribution >= 0.6 is 0 Å². The van der Waals surface area contributed by atoms with E-state index in [0.29, 0.717) is 5.92 Å². The van der Waals surface area contributed by atoms with E-state index in [1.54, 1.807) is 0 Å². The first-order valence-corrected chi connectivity index (χ1v) is 5.39. The average molecular weight is 217 g/mol. The van der Waals surface area contributed by atoms with E-state index in [1.165, 1.54) is 0 Å². The fourth-order valence-corrected chi connectivity index (χ4v) is 1.53. The molecule has 0 bridgehead atoms. The van der Waals surface area contributed by atoms with Crippen LogP contribution in [0.4, 0.5) is 0 Å². The lowest BCUT2D eigenvalue weighted by Crippen LogP contribution is -2.48. The molecule has 0 saturated heterocycles. The van der Waals surface area contributed by atoms with Crippen molar-refractivity contribution in [1.29, 1.82) is 0 Å². The zero-order valence-electron chi connectivity index (χ0n) is 9.77. The van der Waals surface area contributed by atoms with Gasteiger partial charge in [-0.1, -0.05) is 25.9 Å². The van der Waals surface area contributed by atoms with Crippen molar-refractivity contribution in [2.24, 2.45) is 16.8 Å². The normalized spacial score (nSPS) is 16.7. The molecule has 2 atom stereocenters. The maximum atomic E-state index is 9.17. The number of oxime groups is 1. The highest BCUT2D eigenvalue weighted by Crippen LogP contribution is 2.06. The molecule has 15 heavy (non-hydrogen) atoms. The Hall–Kier alpha value is -0.810. The Kier molecular flexibility index (Phi) is 7.07. The zero-order valence-corrected chi connectivity index (χ0v) is 9.77. The van der Waals surface area contributed by atoms with E-state index >= 15 is 0 Å². The van der Waals surface area contributed by atoms with Gasteiger partial charge in [-0.05, 0) is 18.8 Å². The topological polar surface area (TPSA) is 90.9 Å². The summed E-state index contributed by atoms with van der Waals surface area (Å²) in [6, 6.07) is -0.179. The van der Waals surface area contributed by atoms with Crippen LogP contribution in [0.15, 0.2) is 5.16 Å². The maximum Gasteiger partial charge on any atom is 0.156 e. The van der Waals surface area contributed by atoms with Gasteiger partial charge < -0.3 is 21.4 Å². The van der Waals surface area contributed by atoms with Crippen LogP contribution in [0.2, 0.25) is 0 Å². The first-order chi connectivity index (χ1) is 7.04. The molecule has 0 aliphatic rings. The van der Waals surface area contributed by atoms with Gasteiger partial charge in [-0.25, -0.2) is 0 Å². The van der Waals surface area contributed by atoms with Gasteiger partial charge in [-0.3, -0.25) is 0 Å². The molecule has 5 N–H and O–H groups in total. The largest absolute Gasteiger partial charge is 0.409 e. The lowest BCUT2D eigenvalue weighted by molar-refractivity contribution is 0.218. The van der Waals surface area contributed by atoms with Crippen molar-refractivity contribution < 1.29 is 10.3 Å². The van der Waals surface area contributed by atoms with Gasteiger partial charge in [0.1, 0.15) is 0 Å². The van der Waals surface area contributed by atoms with Gasteiger partial charge in [-0.15, -0.1) is 0 Å². The Morgan fingerprint density at radius 2 is 2.07 bits per heavy atom. The standard InChI is InChI=1S/C10H23N3O2/c1-4-9(10(11)13-15)12-8(6-14)5-7(2)3/h7-9,12,14-15H,4-6H2,1-3H3,(H2,11,13). The van der Waals surface area contributed by atoms with Crippen LogP contribution in [-0.2, 0) is 0 Å². The van der Waals surface area contributed by atoms with Gasteiger partial charge in [0.15, 0.2) is 5.84 Å². The molecule has 0 aliphatic carbocycles. The highest BCUT2D eigenvalue weighted by atomic mass is 16.4. The molecule has 0 rings (SSSR count). The summed E-state index contributed by atoms with van der Waals surface area (Å²) < 4.78 is 0. The lowest BCUT2D eigenvalue weighted by Gasteiger charge is -2.23. The average Bonchev–Trinajstić information content (AvgIpc) is 2.22. The molecule has 5 nitrogen and oxygen atoms in total. The summed E-state index contributed by atoms with van der Waals surface area (Å²) in [6.45, 7) is 6.19. The third-order valence-corrected chi connectivity index (χ3v) is 2.29. The summed E-state index contributed by atoms with van der Waals surface area (Å²) in [6.07, 6.45) is 1.59. The van der Waals surface area contributed by atoms with Crippen molar-refractivity contribution in [2.45, 2.75) is 45.7 Å². The van der Waals surface area contributed by atoms with E-state index in [-0.39, 0.29) is 24.5 Å². The molecule has 90 valence electrons. The van der Waals surface area contributed by atoms with Gasteiger partial charge in [0.05, 0.1) is 12.6 Å². The van der Waals surface area contributed by atoms with Crippen molar-refractivity contribution in [3.63, 3.8) is 0 Å². The highest BCUT2D eigenvalue weighted by molar-refractivity contribution is 5.85. The predicted molar refractivity (Wildman–Crippen MR) is 61.0 cm³/mol. The van der Waals surface area contributed by atoms with Crippen LogP contribution in [-0.4, -0.2) is 34.8 Å². The molecule has 0 aromatic heterocycles. The SMILES string of the molecule is CCC(NC(CO)CC(C)C)C(N)=NO. The lowest BCUT2D eigenvalue weighted by atomic mass is 10.0. The monoisotopic (exact) mass is 217 g/mol. The molecule has 0 heterocycles. The zero-order chi connectivity index (χ0) is 11.8. The third kappa shape index (κ3) is 5.59. The number of aliphatic hydroxyl groups excluding tert-OH is 1. The number of nitrogens with two attached hydrogens (primary N) is 1. The molecule has 0 aromatic rings. The van der Waals surface area contributed by atoms with Crippen LogP contribution in [0.5, 0.6) is 0 Å². The molecule has 2 unspecified atom stereocenters. The number of hydrogen-bond donors (Lipinski definition) is 4. The van der Waals surface area contributed by atoms with Gasteiger partial charge in [0, 0.05) is 6.04 Å². The van der Waals surface area contributed by atoms with Crippen LogP contribution < -0.4 is 11.1 Å². The second-order valence-electron chi connectivity index (χ2n) is 4.16. The van der Waals surface area contributed by atoms with Gasteiger partial charge in [0.25, 0.3) is 0 Å². The molecule has 0 radical (unpaired) electrons. The number of aliphatic hydroxyl groups is 1. The number of nitrogens with zero attached hydrogens (tertiary/aromatic N) is 1. The fourth-order valence-electron chi connectivity index (χ4n) is 1.53. The smallest absolute Gasteiger partial charge is 0.156 e. The number of rotatable bonds is 7. The van der Waals surface area contributed by atoms with E-state index in [4.69, 9.17) is 16.0 Å². The van der Waals surface area contributed by atoms with E-state index < -0.39 is 0 Å². The summed E-state index contributed by atoms with van der Waals surface area (Å²) >= 11 is 0. The first kappa shape index (κ1) is 14.2. The van der Waals surface area contributed by atoms with Crippen LogP contribution in [0, 0.1) is 5.92 Å². The predicted octanol–water partition coefficient (Wildman–Crippen LogP) is 0.508. The summed E-state index contributed by atoms with van der Waals surface area (Å²) in [4.78, 5) is 0. The Morgan fingerprint density at radius 3 is 2.40 bits per heavy atom. The third-order valence-electron chi connectivity index (χ3n) is 2.29. The molecular weight excluding hydrogens is 194 g/mol. The molecule has 0 saturated carbocycles. The van der Waals surface area contributed by atoms with Crippen molar-refractivity contribution >= 4 is 5.84 Å². The minimum absolute atomic E-state index is 0.00440. The summed E-state index contributed by atoms with van der Waals surface area (Å²) in [5.41, 5.74) is 5.52. The summed E-state index contributed by atoms with van der Waals surface area (Å²) in [7, 11) is 0. The molecule has 5 heteroatoms. The van der Waals surface area contributed by atoms with Crippen molar-refractivity contribution in [2.75, 3.05) is 6.61 Å². The number of amidine groups is 1. The summed E-state index contributed by atoms with van der Waals surface area (Å²) in [5.74, 6) is 0.666. The number of nitrogens with one attached hydrogen (secondary N) is 1. The first-order valence-electron chi connectivity index (χ1n) is 5.39. The van der Waals surface area contributed by atoms with Gasteiger partial charge in [-0.2, -0.15) is 0 Å². The molecular formula is C10H23N3O2. The number of hydrogen-bond acceptors (Lipinski definition) is 4. The second kappa shape index (κ2) is 7.48. The van der Waals surface area contributed by atoms with Gasteiger partial charge >= 0.3 is 0 Å². The van der Waals surface area contributed by atoms with Crippen molar-refractivity contribution in [3.8, 4) is 0 Å². The maximum absolute atomic E-state index is 9.17. The van der Waals surface area contributed by atoms with Crippen molar-refractivity contribution in [3.05, 3.63) is 0 Å². The fraction of sp³-hybridized carbons (Fsp3) is 0.900. The second-order valence-corrected chi connectivity index (χ2v) is 4.16. The molecule has 0 aliphatic heterocycles. The van der Waals surface area contributed by atoms with E-state index in [2.05, 4.69) is 24.3 Å². The Morgan fingerprint density at radius 1 is 1.47 bits per heavy atom. The van der Waals surface area contributed by atoms with E-state index in [0.717, 1.165) is 12.8 Å². The quantitative estimate of drug-likeness (QED) is 0.216. The minimum atomic E-state index is -0.175. The van der Waals surface area contributed by atoms with E-state index in [9.17, 15) is 0 Å². The van der Waals surface area contributed by atoms with Crippen LogP contribution in [0.25, 0.3) is 0 Å². The van der Waals surface area contributed by atoms with Gasteiger partial charge in [0.2, 0.25) is 0 Å². The summed E-state index contributed by atoms with van der Waals surface area (Å²) in [5, 5.41) is 23.9. The minimum Gasteiger partial charge on any atom is -0.409 e.